The van der Waals surface area contributed by atoms with Gasteiger partial charge in [-0.15, -0.1) is 0 Å². The number of esters is 1. The lowest BCUT2D eigenvalue weighted by molar-refractivity contribution is -0.226. The van der Waals surface area contributed by atoms with Crippen LogP contribution in [0, 0.1) is 51.2 Å². The molecule has 8 heteroatoms. The van der Waals surface area contributed by atoms with Crippen molar-refractivity contribution in [3.8, 4) is 0 Å². The molecule has 2 N–H and O–H groups in total. The molecule has 10 atom stereocenters. The van der Waals surface area contributed by atoms with E-state index in [9.17, 15) is 18.3 Å². The van der Waals surface area contributed by atoms with E-state index in [2.05, 4.69) is 76.9 Å². The molecule has 1 aromatic carbocycles. The summed E-state index contributed by atoms with van der Waals surface area (Å²) in [6.45, 7) is 20.3. The number of methoxy groups -OCH3 is 1. The summed E-state index contributed by atoms with van der Waals surface area (Å²) >= 11 is 0. The zero-order valence-electron chi connectivity index (χ0n) is 33.5. The minimum Gasteiger partial charge on any atom is -0.465 e. The zero-order valence-corrected chi connectivity index (χ0v) is 34.3. The highest BCUT2D eigenvalue weighted by Crippen LogP contribution is 2.76. The molecular weight excluding hydrogens is 669 g/mol. The van der Waals surface area contributed by atoms with Gasteiger partial charge < -0.3 is 20.1 Å². The van der Waals surface area contributed by atoms with Gasteiger partial charge in [0.15, 0.2) is 9.84 Å². The van der Waals surface area contributed by atoms with Crippen molar-refractivity contribution < 1.29 is 23.1 Å². The van der Waals surface area contributed by atoms with Crippen LogP contribution < -0.4 is 5.32 Å². The summed E-state index contributed by atoms with van der Waals surface area (Å²) in [4.78, 5) is 14.5. The molecule has 1 unspecified atom stereocenters. The van der Waals surface area contributed by atoms with Gasteiger partial charge in [0.25, 0.3) is 0 Å². The molecule has 1 aromatic rings. The summed E-state index contributed by atoms with van der Waals surface area (Å²) in [5.41, 5.74) is 3.24. The minimum absolute atomic E-state index is 0.0133. The Balaban J connectivity index is 1.16. The molecule has 5 fully saturated rings. The normalized spacial score (nSPS) is 42.1. The number of carbonyl (C=O) groups excluding carboxylic acids is 1. The molecule has 0 radical (unpaired) electrons. The molecule has 5 aliphatic carbocycles. The van der Waals surface area contributed by atoms with Crippen molar-refractivity contribution in [1.82, 2.24) is 10.2 Å². The largest absolute Gasteiger partial charge is 0.465 e. The van der Waals surface area contributed by atoms with Gasteiger partial charge in [-0.25, -0.2) is 13.2 Å². The van der Waals surface area contributed by atoms with Crippen LogP contribution in [0.15, 0.2) is 30.3 Å². The Bertz CT molecular complexity index is 1650. The smallest absolute Gasteiger partial charge is 0.337 e. The molecule has 1 aliphatic heterocycles. The van der Waals surface area contributed by atoms with Gasteiger partial charge in [0.2, 0.25) is 0 Å². The maximum absolute atomic E-state index is 12.2. The SMILES string of the molecule is CCC(C)(O)[C@@H]1CC[C@]2(NCCN3CCS(=O)(=O)CC3)CC[C@]3(C)[C@H](CC[C@@H]4[C@@]5(C)CC=C(c6ccc(C(=O)OC)cc6)C(C)(C)[C@@H]5CC[C@]43C)[C@@H]12. The number of rotatable bonds is 8. The molecule has 6 aliphatic rings. The van der Waals surface area contributed by atoms with Crippen LogP contribution in [0.1, 0.15) is 129 Å². The van der Waals surface area contributed by atoms with E-state index in [1.807, 2.05) is 12.1 Å². The van der Waals surface area contributed by atoms with Gasteiger partial charge in [-0.2, -0.15) is 0 Å². The third-order valence-corrected chi connectivity index (χ3v) is 19.1. The van der Waals surface area contributed by atoms with Crippen molar-refractivity contribution in [2.24, 2.45) is 51.2 Å². The first-order valence-corrected chi connectivity index (χ1v) is 22.5. The third-order valence-electron chi connectivity index (χ3n) is 17.5. The minimum atomic E-state index is -2.89. The second-order valence-corrected chi connectivity index (χ2v) is 22.0. The second kappa shape index (κ2) is 13.2. The Morgan fingerprint density at radius 2 is 1.63 bits per heavy atom. The number of hydrogen-bond acceptors (Lipinski definition) is 7. The average molecular weight is 737 g/mol. The van der Waals surface area contributed by atoms with Crippen molar-refractivity contribution in [2.45, 2.75) is 124 Å². The molecule has 7 rings (SSSR count). The monoisotopic (exact) mass is 736 g/mol. The van der Waals surface area contributed by atoms with E-state index in [-0.39, 0.29) is 50.6 Å². The molecule has 0 spiro atoms. The standard InChI is InChI=1S/C44H68N2O5S/c1-9-43(7,48)34-17-21-44(45-24-25-46-26-28-52(49,50)29-27-46)23-22-41(5)33(37(34)44)14-15-36-40(4)19-16-32(30-10-12-31(13-11-30)38(47)51-8)39(2,3)35(40)18-20-42(36,41)6/h10-13,16,33-37,45,48H,9,14-15,17-29H2,1-8H3/t33-,34-,35+,36-,37+,40+,41-,42-,43?,44+/m1/s1. The van der Waals surface area contributed by atoms with Gasteiger partial charge in [-0.05, 0) is 146 Å². The molecule has 7 nitrogen and oxygen atoms in total. The van der Waals surface area contributed by atoms with E-state index in [4.69, 9.17) is 4.74 Å². The number of sulfone groups is 1. The number of ether oxygens (including phenoxy) is 1. The van der Waals surface area contributed by atoms with Crippen LogP contribution in [0.2, 0.25) is 0 Å². The average Bonchev–Trinajstić information content (AvgIpc) is 3.49. The summed E-state index contributed by atoms with van der Waals surface area (Å²) in [5, 5.41) is 16.2. The van der Waals surface area contributed by atoms with Gasteiger partial charge >= 0.3 is 5.97 Å². The summed E-state index contributed by atoms with van der Waals surface area (Å²) < 4.78 is 29.1. The highest BCUT2D eigenvalue weighted by molar-refractivity contribution is 7.91. The van der Waals surface area contributed by atoms with Gasteiger partial charge in [0, 0.05) is 31.7 Å². The molecule has 0 bridgehead atoms. The number of allylic oxidation sites excluding steroid dienone is 2. The van der Waals surface area contributed by atoms with Gasteiger partial charge in [0.1, 0.15) is 0 Å². The summed E-state index contributed by atoms with van der Waals surface area (Å²) in [5.74, 6) is 2.77. The number of aliphatic hydroxyl groups is 1. The predicted octanol–water partition coefficient (Wildman–Crippen LogP) is 7.78. The first kappa shape index (κ1) is 38.5. The van der Waals surface area contributed by atoms with E-state index >= 15 is 0 Å². The fourth-order valence-electron chi connectivity index (χ4n) is 14.3. The summed E-state index contributed by atoms with van der Waals surface area (Å²) in [6, 6.07) is 8.06. The molecule has 0 amide bonds. The Kier molecular flexibility index (Phi) is 9.77. The fourth-order valence-corrected chi connectivity index (χ4v) is 15.6. The molecule has 0 aromatic heterocycles. The van der Waals surface area contributed by atoms with Crippen LogP contribution in [0.3, 0.4) is 0 Å². The maximum Gasteiger partial charge on any atom is 0.337 e. The van der Waals surface area contributed by atoms with Crippen LogP contribution in [-0.4, -0.2) is 80.3 Å². The first-order chi connectivity index (χ1) is 24.4. The van der Waals surface area contributed by atoms with Crippen LogP contribution in [-0.2, 0) is 14.6 Å². The van der Waals surface area contributed by atoms with E-state index in [0.717, 1.165) is 45.2 Å². The molecule has 4 saturated carbocycles. The summed E-state index contributed by atoms with van der Waals surface area (Å²) in [6.07, 6.45) is 14.0. The van der Waals surface area contributed by atoms with Crippen molar-refractivity contribution in [1.29, 1.82) is 0 Å². The van der Waals surface area contributed by atoms with E-state index in [1.165, 1.54) is 50.4 Å². The number of benzene rings is 1. The highest BCUT2D eigenvalue weighted by Gasteiger charge is 2.71. The van der Waals surface area contributed by atoms with Crippen molar-refractivity contribution in [2.75, 3.05) is 44.8 Å². The Hall–Kier alpha value is -1.74. The maximum atomic E-state index is 12.2. The topological polar surface area (TPSA) is 95.9 Å². The molecule has 290 valence electrons. The van der Waals surface area contributed by atoms with E-state index in [0.29, 0.717) is 42.3 Å². The number of nitrogens with zero attached hydrogens (tertiary/aromatic N) is 1. The van der Waals surface area contributed by atoms with Crippen LogP contribution >= 0.6 is 0 Å². The Morgan fingerprint density at radius 1 is 0.942 bits per heavy atom. The van der Waals surface area contributed by atoms with Crippen molar-refractivity contribution >= 4 is 21.4 Å². The third kappa shape index (κ3) is 5.89. The van der Waals surface area contributed by atoms with Crippen LogP contribution in [0.4, 0.5) is 0 Å². The van der Waals surface area contributed by atoms with Gasteiger partial charge in [-0.3, -0.25) is 0 Å². The Labute approximate surface area is 315 Å². The lowest BCUT2D eigenvalue weighted by atomic mass is 9.32. The molecule has 1 saturated heterocycles. The molecule has 1 heterocycles. The predicted molar refractivity (Wildman–Crippen MR) is 210 cm³/mol. The van der Waals surface area contributed by atoms with Crippen molar-refractivity contribution in [3.63, 3.8) is 0 Å². The lowest BCUT2D eigenvalue weighted by Crippen LogP contribution is -2.68. The Morgan fingerprint density at radius 3 is 2.29 bits per heavy atom. The number of fused-ring (bicyclic) bond motifs is 7. The van der Waals surface area contributed by atoms with Gasteiger partial charge in [-0.1, -0.05) is 59.8 Å². The first-order valence-electron chi connectivity index (χ1n) is 20.7. The highest BCUT2D eigenvalue weighted by atomic mass is 32.2. The second-order valence-electron chi connectivity index (χ2n) is 19.7. The van der Waals surface area contributed by atoms with Crippen molar-refractivity contribution in [3.05, 3.63) is 41.5 Å². The summed E-state index contributed by atoms with van der Waals surface area (Å²) in [7, 11) is -1.45. The van der Waals surface area contributed by atoms with Crippen LogP contribution in [0.5, 0.6) is 0 Å². The number of hydrogen-bond donors (Lipinski definition) is 2. The quantitative estimate of drug-likeness (QED) is 0.263. The van der Waals surface area contributed by atoms with Crippen LogP contribution in [0.25, 0.3) is 5.57 Å². The van der Waals surface area contributed by atoms with E-state index in [1.54, 1.807) is 0 Å². The zero-order chi connectivity index (χ0) is 37.5. The number of nitrogens with one attached hydrogen (secondary N) is 1. The lowest BCUT2D eigenvalue weighted by Gasteiger charge is -2.72. The molecule has 52 heavy (non-hydrogen) atoms. The number of carbonyl (C=O) groups is 1. The fraction of sp³-hybridized carbons (Fsp3) is 0.795. The van der Waals surface area contributed by atoms with Gasteiger partial charge in [0.05, 0.1) is 29.8 Å². The van der Waals surface area contributed by atoms with E-state index < -0.39 is 15.4 Å². The molecular formula is C44H68N2O5S.